The van der Waals surface area contributed by atoms with Gasteiger partial charge in [-0.25, -0.2) is 4.39 Å². The van der Waals surface area contributed by atoms with Gasteiger partial charge in [-0.15, -0.1) is 0 Å². The summed E-state index contributed by atoms with van der Waals surface area (Å²) in [5, 5.41) is 0.0259. The van der Waals surface area contributed by atoms with Gasteiger partial charge in [-0.3, -0.25) is 0 Å². The molecular formula is C9H7ClF4. The molecular weight excluding hydrogens is 220 g/mol. The van der Waals surface area contributed by atoms with Crippen molar-refractivity contribution in [2.24, 2.45) is 0 Å². The lowest BCUT2D eigenvalue weighted by molar-refractivity contribution is -0.140. The summed E-state index contributed by atoms with van der Waals surface area (Å²) in [6, 6.07) is 1.45. The quantitative estimate of drug-likeness (QED) is 0.634. The lowest BCUT2D eigenvalue weighted by atomic mass is 10.1. The number of aryl methyl sites for hydroxylation is 1. The lowest BCUT2D eigenvalue weighted by Crippen LogP contribution is -2.09. The van der Waals surface area contributed by atoms with E-state index in [-0.39, 0.29) is 5.02 Å². The molecule has 0 spiro atoms. The molecule has 0 fully saturated rings. The highest BCUT2D eigenvalue weighted by atomic mass is 35.5. The highest BCUT2D eigenvalue weighted by molar-refractivity contribution is 6.31. The van der Waals surface area contributed by atoms with Crippen molar-refractivity contribution in [2.75, 3.05) is 0 Å². The minimum Gasteiger partial charge on any atom is -0.206 e. The Morgan fingerprint density at radius 3 is 2.29 bits per heavy atom. The van der Waals surface area contributed by atoms with E-state index in [1.54, 1.807) is 6.92 Å². The van der Waals surface area contributed by atoms with Crippen molar-refractivity contribution in [1.29, 1.82) is 0 Å². The first-order chi connectivity index (χ1) is 6.36. The van der Waals surface area contributed by atoms with Gasteiger partial charge >= 0.3 is 6.18 Å². The fourth-order valence-electron chi connectivity index (χ4n) is 1.08. The Bertz CT molecular complexity index is 343. The number of hydrogen-bond donors (Lipinski definition) is 0. The van der Waals surface area contributed by atoms with Crippen LogP contribution in [0.2, 0.25) is 5.02 Å². The van der Waals surface area contributed by atoms with Crippen molar-refractivity contribution in [3.8, 4) is 0 Å². The second-order valence-electron chi connectivity index (χ2n) is 2.77. The molecule has 14 heavy (non-hydrogen) atoms. The molecule has 1 aromatic rings. The van der Waals surface area contributed by atoms with Crippen molar-refractivity contribution >= 4 is 11.6 Å². The number of rotatable bonds is 1. The fraction of sp³-hybridized carbons (Fsp3) is 0.333. The van der Waals surface area contributed by atoms with Gasteiger partial charge in [0, 0.05) is 5.02 Å². The Kier molecular flexibility index (Phi) is 3.04. The van der Waals surface area contributed by atoms with Gasteiger partial charge in [-0.2, -0.15) is 13.2 Å². The summed E-state index contributed by atoms with van der Waals surface area (Å²) < 4.78 is 49.5. The van der Waals surface area contributed by atoms with Crippen LogP contribution in [0.25, 0.3) is 0 Å². The van der Waals surface area contributed by atoms with Gasteiger partial charge in [0.2, 0.25) is 0 Å². The Labute approximate surface area is 83.5 Å². The Morgan fingerprint density at radius 1 is 1.29 bits per heavy atom. The van der Waals surface area contributed by atoms with Gasteiger partial charge in [-0.05, 0) is 24.1 Å². The van der Waals surface area contributed by atoms with Gasteiger partial charge in [-0.1, -0.05) is 18.5 Å². The highest BCUT2D eigenvalue weighted by Gasteiger charge is 2.34. The first kappa shape index (κ1) is 11.3. The monoisotopic (exact) mass is 226 g/mol. The van der Waals surface area contributed by atoms with E-state index in [0.29, 0.717) is 18.1 Å². The summed E-state index contributed by atoms with van der Waals surface area (Å²) in [4.78, 5) is 0. The van der Waals surface area contributed by atoms with Crippen molar-refractivity contribution in [3.05, 3.63) is 34.1 Å². The number of benzene rings is 1. The standard InChI is InChI=1S/C9H7ClF4/c1-2-5-3-6(9(12,13)14)8(11)4-7(5)10/h3-4H,2H2,1H3. The van der Waals surface area contributed by atoms with Crippen LogP contribution in [0, 0.1) is 5.82 Å². The number of halogens is 5. The summed E-state index contributed by atoms with van der Waals surface area (Å²) >= 11 is 5.54. The molecule has 0 saturated carbocycles. The molecule has 0 aliphatic heterocycles. The van der Waals surface area contributed by atoms with Gasteiger partial charge in [0.1, 0.15) is 5.82 Å². The summed E-state index contributed by atoms with van der Waals surface area (Å²) in [5.74, 6) is -1.33. The van der Waals surface area contributed by atoms with Gasteiger partial charge in [0.15, 0.2) is 0 Å². The van der Waals surface area contributed by atoms with E-state index in [1.165, 1.54) is 0 Å². The molecule has 0 amide bonds. The molecule has 0 heterocycles. The minimum atomic E-state index is -4.67. The van der Waals surface area contributed by atoms with E-state index in [4.69, 9.17) is 11.6 Å². The van der Waals surface area contributed by atoms with Crippen LogP contribution in [-0.4, -0.2) is 0 Å². The molecule has 0 nitrogen and oxygen atoms in total. The highest BCUT2D eigenvalue weighted by Crippen LogP contribution is 2.34. The predicted molar refractivity (Wildman–Crippen MR) is 45.8 cm³/mol. The molecule has 0 aliphatic carbocycles. The largest absolute Gasteiger partial charge is 0.419 e. The van der Waals surface area contributed by atoms with E-state index in [1.807, 2.05) is 0 Å². The zero-order valence-electron chi connectivity index (χ0n) is 7.25. The van der Waals surface area contributed by atoms with E-state index in [2.05, 4.69) is 0 Å². The average Bonchev–Trinajstić information content (AvgIpc) is 2.02. The van der Waals surface area contributed by atoms with E-state index in [9.17, 15) is 17.6 Å². The first-order valence-corrected chi connectivity index (χ1v) is 4.29. The van der Waals surface area contributed by atoms with Crippen LogP contribution in [0.4, 0.5) is 17.6 Å². The summed E-state index contributed by atoms with van der Waals surface area (Å²) in [5.41, 5.74) is -0.973. The molecule has 0 atom stereocenters. The predicted octanol–water partition coefficient (Wildman–Crippen LogP) is 4.06. The normalized spacial score (nSPS) is 11.9. The maximum atomic E-state index is 12.9. The van der Waals surface area contributed by atoms with Crippen LogP contribution in [0.3, 0.4) is 0 Å². The van der Waals surface area contributed by atoms with Crippen LogP contribution in [-0.2, 0) is 12.6 Å². The lowest BCUT2D eigenvalue weighted by Gasteiger charge is -2.10. The summed E-state index contributed by atoms with van der Waals surface area (Å²) in [6.07, 6.45) is -4.33. The van der Waals surface area contributed by atoms with Gasteiger partial charge < -0.3 is 0 Å². The molecule has 0 radical (unpaired) electrons. The number of alkyl halides is 3. The van der Waals surface area contributed by atoms with E-state index < -0.39 is 17.6 Å². The second-order valence-corrected chi connectivity index (χ2v) is 3.18. The second kappa shape index (κ2) is 3.77. The van der Waals surface area contributed by atoms with Crippen LogP contribution < -0.4 is 0 Å². The molecule has 1 aromatic carbocycles. The van der Waals surface area contributed by atoms with Crippen molar-refractivity contribution < 1.29 is 17.6 Å². The van der Waals surface area contributed by atoms with E-state index >= 15 is 0 Å². The third-order valence-electron chi connectivity index (χ3n) is 1.82. The van der Waals surface area contributed by atoms with Crippen molar-refractivity contribution in [1.82, 2.24) is 0 Å². The van der Waals surface area contributed by atoms with Crippen molar-refractivity contribution in [3.63, 3.8) is 0 Å². The summed E-state index contributed by atoms with van der Waals surface area (Å²) in [6.45, 7) is 1.65. The third kappa shape index (κ3) is 2.18. The SMILES string of the molecule is CCc1cc(C(F)(F)F)c(F)cc1Cl. The van der Waals surface area contributed by atoms with Crippen LogP contribution in [0.1, 0.15) is 18.1 Å². The van der Waals surface area contributed by atoms with Gasteiger partial charge in [0.05, 0.1) is 5.56 Å². The first-order valence-electron chi connectivity index (χ1n) is 3.91. The minimum absolute atomic E-state index is 0.0259. The molecule has 78 valence electrons. The zero-order chi connectivity index (χ0) is 10.9. The maximum absolute atomic E-state index is 12.9. The Hall–Kier alpha value is -0.770. The molecule has 0 unspecified atom stereocenters. The molecule has 0 N–H and O–H groups in total. The molecule has 0 aliphatic rings. The number of hydrogen-bond acceptors (Lipinski definition) is 0. The average molecular weight is 227 g/mol. The molecule has 0 bridgehead atoms. The summed E-state index contributed by atoms with van der Waals surface area (Å²) in [7, 11) is 0. The molecule has 5 heteroatoms. The van der Waals surface area contributed by atoms with Crippen LogP contribution in [0.15, 0.2) is 12.1 Å². The molecule has 0 aromatic heterocycles. The Morgan fingerprint density at radius 2 is 1.86 bits per heavy atom. The van der Waals surface area contributed by atoms with Gasteiger partial charge in [0.25, 0.3) is 0 Å². The Balaban J connectivity index is 3.32. The third-order valence-corrected chi connectivity index (χ3v) is 2.17. The van der Waals surface area contributed by atoms with Crippen molar-refractivity contribution in [2.45, 2.75) is 19.5 Å². The molecule has 1 rings (SSSR count). The van der Waals surface area contributed by atoms with Crippen LogP contribution >= 0.6 is 11.6 Å². The molecule has 0 saturated heterocycles. The smallest absolute Gasteiger partial charge is 0.206 e. The topological polar surface area (TPSA) is 0 Å². The van der Waals surface area contributed by atoms with E-state index in [0.717, 1.165) is 6.07 Å². The zero-order valence-corrected chi connectivity index (χ0v) is 8.01. The van der Waals surface area contributed by atoms with Crippen LogP contribution in [0.5, 0.6) is 0 Å². The maximum Gasteiger partial charge on any atom is 0.419 e. The fourth-order valence-corrected chi connectivity index (χ4v) is 1.37.